The first-order chi connectivity index (χ1) is 8.13. The highest BCUT2D eigenvalue weighted by atomic mass is 35.5. The van der Waals surface area contributed by atoms with Gasteiger partial charge in [-0.15, -0.1) is 23.2 Å². The number of ether oxygens (including phenoxy) is 2. The Bertz CT molecular complexity index is 321. The second kappa shape index (κ2) is 6.97. The summed E-state index contributed by atoms with van der Waals surface area (Å²) in [4.78, 5) is 0. The summed E-state index contributed by atoms with van der Waals surface area (Å²) < 4.78 is 10.7. The van der Waals surface area contributed by atoms with E-state index >= 15 is 0 Å². The van der Waals surface area contributed by atoms with Crippen LogP contribution >= 0.6 is 23.2 Å². The molecule has 1 aromatic carbocycles. The molecule has 1 rings (SSSR count). The molecule has 0 bridgehead atoms. The van der Waals surface area contributed by atoms with Crippen molar-refractivity contribution < 1.29 is 9.47 Å². The SMILES string of the molecule is COc1ccc(OCCC(C)(CCl)CCl)cc1. The largest absolute Gasteiger partial charge is 0.497 e. The topological polar surface area (TPSA) is 18.5 Å². The van der Waals surface area contributed by atoms with Crippen LogP contribution in [-0.2, 0) is 0 Å². The zero-order valence-corrected chi connectivity index (χ0v) is 11.7. The molecule has 0 aromatic heterocycles. The summed E-state index contributed by atoms with van der Waals surface area (Å²) in [5.74, 6) is 2.74. The fourth-order valence-corrected chi connectivity index (χ4v) is 1.81. The van der Waals surface area contributed by atoms with Gasteiger partial charge in [-0.05, 0) is 36.1 Å². The summed E-state index contributed by atoms with van der Waals surface area (Å²) in [6.07, 6.45) is 0.839. The van der Waals surface area contributed by atoms with E-state index in [0.29, 0.717) is 18.4 Å². The summed E-state index contributed by atoms with van der Waals surface area (Å²) in [6.45, 7) is 2.67. The van der Waals surface area contributed by atoms with E-state index < -0.39 is 0 Å². The lowest BCUT2D eigenvalue weighted by Gasteiger charge is -2.23. The number of benzene rings is 1. The van der Waals surface area contributed by atoms with Gasteiger partial charge in [0.2, 0.25) is 0 Å². The number of halogens is 2. The summed E-state index contributed by atoms with van der Waals surface area (Å²) in [5, 5.41) is 0. The molecule has 0 aliphatic carbocycles. The van der Waals surface area contributed by atoms with Gasteiger partial charge in [-0.25, -0.2) is 0 Å². The molecule has 17 heavy (non-hydrogen) atoms. The summed E-state index contributed by atoms with van der Waals surface area (Å²) in [7, 11) is 1.64. The van der Waals surface area contributed by atoms with Crippen LogP contribution < -0.4 is 9.47 Å². The molecule has 4 heteroatoms. The molecule has 0 amide bonds. The molecule has 96 valence electrons. The fourth-order valence-electron chi connectivity index (χ4n) is 1.26. The number of rotatable bonds is 7. The average molecular weight is 277 g/mol. The zero-order valence-electron chi connectivity index (χ0n) is 10.2. The van der Waals surface area contributed by atoms with E-state index in [1.807, 2.05) is 24.3 Å². The van der Waals surface area contributed by atoms with E-state index in [-0.39, 0.29) is 5.41 Å². The van der Waals surface area contributed by atoms with Crippen LogP contribution in [0.15, 0.2) is 24.3 Å². The molecule has 2 nitrogen and oxygen atoms in total. The Morgan fingerprint density at radius 1 is 1.06 bits per heavy atom. The standard InChI is InChI=1S/C13H18Cl2O2/c1-13(9-14,10-15)7-8-17-12-5-3-11(16-2)4-6-12/h3-6H,7-10H2,1-2H3. The lowest BCUT2D eigenvalue weighted by Crippen LogP contribution is -2.23. The number of hydrogen-bond donors (Lipinski definition) is 0. The molecule has 0 saturated carbocycles. The maximum atomic E-state index is 5.87. The van der Waals surface area contributed by atoms with Crippen LogP contribution in [0.25, 0.3) is 0 Å². The predicted octanol–water partition coefficient (Wildman–Crippen LogP) is 3.95. The maximum absolute atomic E-state index is 5.87. The number of hydrogen-bond acceptors (Lipinski definition) is 2. The minimum absolute atomic E-state index is 0.0599. The maximum Gasteiger partial charge on any atom is 0.119 e. The summed E-state index contributed by atoms with van der Waals surface area (Å²) in [6, 6.07) is 7.52. The van der Waals surface area contributed by atoms with Crippen molar-refractivity contribution in [3.63, 3.8) is 0 Å². The van der Waals surface area contributed by atoms with Crippen molar-refractivity contribution in [3.05, 3.63) is 24.3 Å². The Kier molecular flexibility index (Phi) is 5.93. The third-order valence-corrected chi connectivity index (χ3v) is 3.97. The Morgan fingerprint density at radius 3 is 2.06 bits per heavy atom. The van der Waals surface area contributed by atoms with Crippen LogP contribution in [0.3, 0.4) is 0 Å². The van der Waals surface area contributed by atoms with E-state index in [0.717, 1.165) is 17.9 Å². The highest BCUT2D eigenvalue weighted by molar-refractivity contribution is 6.21. The van der Waals surface area contributed by atoms with Gasteiger partial charge >= 0.3 is 0 Å². The number of methoxy groups -OCH3 is 1. The molecule has 0 unspecified atom stereocenters. The van der Waals surface area contributed by atoms with Gasteiger partial charge in [0.05, 0.1) is 13.7 Å². The third kappa shape index (κ3) is 4.64. The first-order valence-corrected chi connectivity index (χ1v) is 6.59. The molecule has 0 N–H and O–H groups in total. The van der Waals surface area contributed by atoms with Crippen LogP contribution in [0.1, 0.15) is 13.3 Å². The second-order valence-electron chi connectivity index (χ2n) is 4.35. The second-order valence-corrected chi connectivity index (χ2v) is 4.89. The highest BCUT2D eigenvalue weighted by Gasteiger charge is 2.21. The van der Waals surface area contributed by atoms with Crippen molar-refractivity contribution in [1.82, 2.24) is 0 Å². The quantitative estimate of drug-likeness (QED) is 0.703. The fraction of sp³-hybridized carbons (Fsp3) is 0.538. The van der Waals surface area contributed by atoms with Gasteiger partial charge in [-0.3, -0.25) is 0 Å². The van der Waals surface area contributed by atoms with Gasteiger partial charge in [0, 0.05) is 11.8 Å². The Hall–Kier alpha value is -0.600. The van der Waals surface area contributed by atoms with Crippen molar-refractivity contribution in [2.75, 3.05) is 25.5 Å². The zero-order chi connectivity index (χ0) is 12.7. The van der Waals surface area contributed by atoms with Crippen molar-refractivity contribution in [3.8, 4) is 11.5 Å². The molecule has 0 saturated heterocycles. The molecule has 0 aliphatic heterocycles. The smallest absolute Gasteiger partial charge is 0.119 e. The molecular weight excluding hydrogens is 259 g/mol. The van der Waals surface area contributed by atoms with Crippen LogP contribution in [0.2, 0.25) is 0 Å². The first kappa shape index (κ1) is 14.5. The van der Waals surface area contributed by atoms with Gasteiger partial charge in [0.1, 0.15) is 11.5 Å². The van der Waals surface area contributed by atoms with E-state index in [2.05, 4.69) is 6.92 Å². The van der Waals surface area contributed by atoms with Crippen molar-refractivity contribution in [1.29, 1.82) is 0 Å². The molecule has 0 spiro atoms. The average Bonchev–Trinajstić information content (AvgIpc) is 2.39. The van der Waals surface area contributed by atoms with Crippen molar-refractivity contribution >= 4 is 23.2 Å². The summed E-state index contributed by atoms with van der Waals surface area (Å²) in [5.41, 5.74) is -0.0599. The van der Waals surface area contributed by atoms with Gasteiger partial charge in [-0.2, -0.15) is 0 Å². The number of alkyl halides is 2. The predicted molar refractivity (Wildman–Crippen MR) is 72.7 cm³/mol. The lowest BCUT2D eigenvalue weighted by atomic mass is 9.92. The van der Waals surface area contributed by atoms with E-state index in [1.165, 1.54) is 0 Å². The van der Waals surface area contributed by atoms with E-state index in [1.54, 1.807) is 7.11 Å². The molecular formula is C13H18Cl2O2. The lowest BCUT2D eigenvalue weighted by molar-refractivity contribution is 0.247. The van der Waals surface area contributed by atoms with Crippen molar-refractivity contribution in [2.45, 2.75) is 13.3 Å². The van der Waals surface area contributed by atoms with Crippen LogP contribution in [0.5, 0.6) is 11.5 Å². The highest BCUT2D eigenvalue weighted by Crippen LogP contribution is 2.25. The Morgan fingerprint density at radius 2 is 1.59 bits per heavy atom. The van der Waals surface area contributed by atoms with Gasteiger partial charge < -0.3 is 9.47 Å². The Balaban J connectivity index is 2.40. The van der Waals surface area contributed by atoms with Crippen molar-refractivity contribution in [2.24, 2.45) is 5.41 Å². The van der Waals surface area contributed by atoms with Gasteiger partial charge in [0.15, 0.2) is 0 Å². The Labute approximate surface area is 113 Å². The minimum atomic E-state index is -0.0599. The molecule has 0 heterocycles. The minimum Gasteiger partial charge on any atom is -0.497 e. The molecule has 1 aromatic rings. The molecule has 0 aliphatic rings. The van der Waals surface area contributed by atoms with Gasteiger partial charge in [0.25, 0.3) is 0 Å². The molecule has 0 fully saturated rings. The van der Waals surface area contributed by atoms with Gasteiger partial charge in [-0.1, -0.05) is 6.92 Å². The normalized spacial score (nSPS) is 11.3. The first-order valence-electron chi connectivity index (χ1n) is 5.52. The van der Waals surface area contributed by atoms with Crippen LogP contribution in [0.4, 0.5) is 0 Å². The van der Waals surface area contributed by atoms with E-state index in [9.17, 15) is 0 Å². The molecule has 0 atom stereocenters. The summed E-state index contributed by atoms with van der Waals surface area (Å²) >= 11 is 11.7. The molecule has 0 radical (unpaired) electrons. The van der Waals surface area contributed by atoms with Crippen LogP contribution in [-0.4, -0.2) is 25.5 Å². The van der Waals surface area contributed by atoms with Crippen LogP contribution in [0, 0.1) is 5.41 Å². The third-order valence-electron chi connectivity index (χ3n) is 2.68. The monoisotopic (exact) mass is 276 g/mol. The van der Waals surface area contributed by atoms with E-state index in [4.69, 9.17) is 32.7 Å².